The van der Waals surface area contributed by atoms with Crippen molar-refractivity contribution in [3.05, 3.63) is 0 Å². The van der Waals surface area contributed by atoms with Crippen molar-refractivity contribution < 1.29 is 5.11 Å². The molecule has 0 amide bonds. The number of aliphatic hydroxyl groups is 1. The fourth-order valence-corrected chi connectivity index (χ4v) is 6.65. The van der Waals surface area contributed by atoms with Crippen molar-refractivity contribution in [2.75, 3.05) is 6.61 Å². The summed E-state index contributed by atoms with van der Waals surface area (Å²) < 4.78 is 0. The monoisotopic (exact) mass is 264 g/mol. The van der Waals surface area contributed by atoms with Gasteiger partial charge in [0.05, 0.1) is 0 Å². The summed E-state index contributed by atoms with van der Waals surface area (Å²) in [5.41, 5.74) is 1.57. The zero-order valence-electron chi connectivity index (χ0n) is 13.5. The van der Waals surface area contributed by atoms with E-state index in [0.717, 1.165) is 17.8 Å². The van der Waals surface area contributed by atoms with Crippen molar-refractivity contribution >= 4 is 0 Å². The Kier molecular flexibility index (Phi) is 2.93. The lowest BCUT2D eigenvalue weighted by Crippen LogP contribution is -2.53. The first kappa shape index (κ1) is 13.9. The predicted molar refractivity (Wildman–Crippen MR) is 79.8 cm³/mol. The molecule has 3 saturated carbocycles. The molecule has 3 rings (SSSR count). The van der Waals surface area contributed by atoms with E-state index < -0.39 is 0 Å². The SMILES string of the molecule is CC(CO)C1CCC(C)(C)C23CCC(C2)C(C)(C)C13. The van der Waals surface area contributed by atoms with Gasteiger partial charge in [0.15, 0.2) is 0 Å². The summed E-state index contributed by atoms with van der Waals surface area (Å²) in [6.07, 6.45) is 7.06. The van der Waals surface area contributed by atoms with Crippen LogP contribution in [0.15, 0.2) is 0 Å². The van der Waals surface area contributed by atoms with E-state index in [-0.39, 0.29) is 0 Å². The fraction of sp³-hybridized carbons (Fsp3) is 1.00. The average Bonchev–Trinajstić information content (AvgIpc) is 2.86. The van der Waals surface area contributed by atoms with E-state index >= 15 is 0 Å². The molecule has 1 heteroatoms. The predicted octanol–water partition coefficient (Wildman–Crippen LogP) is 4.49. The van der Waals surface area contributed by atoms with E-state index in [9.17, 15) is 5.11 Å². The number of rotatable bonds is 2. The second-order valence-electron chi connectivity index (χ2n) is 9.14. The van der Waals surface area contributed by atoms with Gasteiger partial charge in [-0.2, -0.15) is 0 Å². The lowest BCUT2D eigenvalue weighted by atomic mass is 9.45. The van der Waals surface area contributed by atoms with Crippen molar-refractivity contribution in [1.82, 2.24) is 0 Å². The smallest absolute Gasteiger partial charge is 0.0459 e. The molecule has 1 N–H and O–H groups in total. The average molecular weight is 264 g/mol. The zero-order chi connectivity index (χ0) is 14.1. The maximum atomic E-state index is 9.68. The Hall–Kier alpha value is -0.0400. The molecule has 19 heavy (non-hydrogen) atoms. The molecule has 0 aromatic heterocycles. The van der Waals surface area contributed by atoms with Crippen molar-refractivity contribution in [2.45, 2.75) is 66.7 Å². The molecule has 110 valence electrons. The molecule has 0 heterocycles. The minimum absolute atomic E-state index is 0.373. The zero-order valence-corrected chi connectivity index (χ0v) is 13.5. The highest BCUT2D eigenvalue weighted by molar-refractivity contribution is 5.18. The number of aliphatic hydroxyl groups excluding tert-OH is 1. The van der Waals surface area contributed by atoms with Gasteiger partial charge in [0.1, 0.15) is 0 Å². The van der Waals surface area contributed by atoms with Crippen LogP contribution >= 0.6 is 0 Å². The summed E-state index contributed by atoms with van der Waals surface area (Å²) in [5, 5.41) is 9.68. The lowest BCUT2D eigenvalue weighted by molar-refractivity contribution is -0.117. The second-order valence-corrected chi connectivity index (χ2v) is 9.14. The Morgan fingerprint density at radius 3 is 2.42 bits per heavy atom. The number of hydrogen-bond donors (Lipinski definition) is 1. The van der Waals surface area contributed by atoms with E-state index in [1.807, 2.05) is 0 Å². The first-order valence-electron chi connectivity index (χ1n) is 8.37. The highest BCUT2D eigenvalue weighted by Gasteiger charge is 2.69. The number of hydrogen-bond acceptors (Lipinski definition) is 1. The van der Waals surface area contributed by atoms with Gasteiger partial charge < -0.3 is 5.11 Å². The first-order chi connectivity index (χ1) is 8.76. The van der Waals surface area contributed by atoms with Crippen molar-refractivity contribution in [2.24, 2.45) is 39.9 Å². The van der Waals surface area contributed by atoms with Crippen molar-refractivity contribution in [1.29, 1.82) is 0 Å². The van der Waals surface area contributed by atoms with Gasteiger partial charge in [-0.15, -0.1) is 0 Å². The third-order valence-corrected chi connectivity index (χ3v) is 7.90. The topological polar surface area (TPSA) is 20.2 Å². The van der Waals surface area contributed by atoms with Crippen molar-refractivity contribution in [3.8, 4) is 0 Å². The Morgan fingerprint density at radius 2 is 1.79 bits per heavy atom. The molecule has 3 aliphatic rings. The van der Waals surface area contributed by atoms with Crippen LogP contribution in [0.4, 0.5) is 0 Å². The molecule has 2 bridgehead atoms. The third-order valence-electron chi connectivity index (χ3n) is 7.90. The van der Waals surface area contributed by atoms with Crippen LogP contribution in [0.1, 0.15) is 66.7 Å². The van der Waals surface area contributed by atoms with Gasteiger partial charge in [-0.05, 0) is 72.0 Å². The minimum atomic E-state index is 0.373. The van der Waals surface area contributed by atoms with E-state index in [4.69, 9.17) is 0 Å². The summed E-state index contributed by atoms with van der Waals surface area (Å²) in [6, 6.07) is 0. The molecule has 5 unspecified atom stereocenters. The summed E-state index contributed by atoms with van der Waals surface area (Å²) in [7, 11) is 0. The molecule has 3 fully saturated rings. The highest BCUT2D eigenvalue weighted by Crippen LogP contribution is 2.76. The van der Waals surface area contributed by atoms with Gasteiger partial charge in [-0.3, -0.25) is 0 Å². The van der Waals surface area contributed by atoms with Gasteiger partial charge in [0.2, 0.25) is 0 Å². The molecule has 1 nitrogen and oxygen atoms in total. The van der Waals surface area contributed by atoms with Crippen LogP contribution in [-0.2, 0) is 0 Å². The number of fused-ring (bicyclic) bond motifs is 1. The van der Waals surface area contributed by atoms with Crippen LogP contribution in [0.2, 0.25) is 0 Å². The van der Waals surface area contributed by atoms with Crippen LogP contribution < -0.4 is 0 Å². The lowest BCUT2D eigenvalue weighted by Gasteiger charge is -2.60. The molecular formula is C18H32O. The maximum Gasteiger partial charge on any atom is 0.0459 e. The largest absolute Gasteiger partial charge is 0.396 e. The highest BCUT2D eigenvalue weighted by atomic mass is 16.3. The molecular weight excluding hydrogens is 232 g/mol. The quantitative estimate of drug-likeness (QED) is 0.779. The normalized spacial score (nSPS) is 48.0. The molecule has 3 aliphatic carbocycles. The molecule has 5 atom stereocenters. The fourth-order valence-electron chi connectivity index (χ4n) is 6.65. The van der Waals surface area contributed by atoms with E-state index in [1.54, 1.807) is 0 Å². The minimum Gasteiger partial charge on any atom is -0.396 e. The van der Waals surface area contributed by atoms with Crippen molar-refractivity contribution in [3.63, 3.8) is 0 Å². The van der Waals surface area contributed by atoms with Crippen LogP contribution in [0.5, 0.6) is 0 Å². The first-order valence-corrected chi connectivity index (χ1v) is 8.37. The Bertz CT molecular complexity index is 370. The summed E-state index contributed by atoms with van der Waals surface area (Å²) >= 11 is 0. The Labute approximate surface area is 119 Å². The van der Waals surface area contributed by atoms with Gasteiger partial charge in [-0.25, -0.2) is 0 Å². The molecule has 0 aromatic rings. The van der Waals surface area contributed by atoms with E-state index in [2.05, 4.69) is 34.6 Å². The molecule has 0 aromatic carbocycles. The second kappa shape index (κ2) is 4.00. The molecule has 0 aliphatic heterocycles. The van der Waals surface area contributed by atoms with E-state index in [1.165, 1.54) is 32.1 Å². The maximum absolute atomic E-state index is 9.68. The van der Waals surface area contributed by atoms with Crippen LogP contribution in [0.3, 0.4) is 0 Å². The van der Waals surface area contributed by atoms with Gasteiger partial charge in [0, 0.05) is 6.61 Å². The summed E-state index contributed by atoms with van der Waals surface area (Å²) in [6.45, 7) is 12.8. The third kappa shape index (κ3) is 1.57. The van der Waals surface area contributed by atoms with Crippen LogP contribution in [-0.4, -0.2) is 11.7 Å². The van der Waals surface area contributed by atoms with E-state index in [0.29, 0.717) is 28.8 Å². The van der Waals surface area contributed by atoms with Crippen LogP contribution in [0, 0.1) is 39.9 Å². The molecule has 0 saturated heterocycles. The summed E-state index contributed by atoms with van der Waals surface area (Å²) in [5.74, 6) is 3.00. The van der Waals surface area contributed by atoms with Gasteiger partial charge in [0.25, 0.3) is 0 Å². The summed E-state index contributed by atoms with van der Waals surface area (Å²) in [4.78, 5) is 0. The van der Waals surface area contributed by atoms with Crippen LogP contribution in [0.25, 0.3) is 0 Å². The molecule has 1 spiro atoms. The Balaban J connectivity index is 2.05. The Morgan fingerprint density at radius 1 is 1.11 bits per heavy atom. The van der Waals surface area contributed by atoms with Gasteiger partial charge >= 0.3 is 0 Å². The van der Waals surface area contributed by atoms with Gasteiger partial charge in [-0.1, -0.05) is 34.6 Å². The molecule has 0 radical (unpaired) electrons. The standard InChI is InChI=1S/C18H32O/c1-12(11-19)14-7-8-16(2,3)18-9-6-13(10-18)17(4,5)15(14)18/h12-15,19H,6-11H2,1-5H3.